The highest BCUT2D eigenvalue weighted by Crippen LogP contribution is 2.48. The highest BCUT2D eigenvalue weighted by Gasteiger charge is 2.23. The number of nitrogens with zero attached hydrogens (tertiary/aromatic N) is 1. The lowest BCUT2D eigenvalue weighted by molar-refractivity contribution is 0.100. The summed E-state index contributed by atoms with van der Waals surface area (Å²) in [4.78, 5) is 15.8. The number of nitrogens with two attached hydrogens (primary N) is 1. The highest BCUT2D eigenvalue weighted by atomic mass is 35.5. The van der Waals surface area contributed by atoms with Crippen LogP contribution in [0.4, 0.5) is 11.4 Å². The number of para-hydroxylation sites is 1. The molecule has 0 unspecified atom stereocenters. The number of primary amides is 1. The summed E-state index contributed by atoms with van der Waals surface area (Å²) in [5.41, 5.74) is 8.00. The van der Waals surface area contributed by atoms with E-state index >= 15 is 0 Å². The van der Waals surface area contributed by atoms with Crippen LogP contribution in [0.15, 0.2) is 52.3 Å². The first-order chi connectivity index (χ1) is 9.70. The third kappa shape index (κ3) is 2.25. The summed E-state index contributed by atoms with van der Waals surface area (Å²) in [6.45, 7) is 0.689. The largest absolute Gasteiger partial charge is 0.366 e. The molecule has 0 saturated heterocycles. The number of halogens is 1. The maximum atomic E-state index is 11.4. The molecule has 20 heavy (non-hydrogen) atoms. The van der Waals surface area contributed by atoms with Crippen LogP contribution in [-0.2, 0) is 0 Å². The van der Waals surface area contributed by atoms with Gasteiger partial charge in [0.05, 0.1) is 11.4 Å². The quantitative estimate of drug-likeness (QED) is 0.881. The zero-order valence-electron chi connectivity index (χ0n) is 10.7. The summed E-state index contributed by atoms with van der Waals surface area (Å²) in [5, 5.41) is 0. The second-order valence-corrected chi connectivity index (χ2v) is 5.92. The minimum atomic E-state index is -0.414. The Morgan fingerprint density at radius 1 is 1.15 bits per heavy atom. The third-order valence-corrected chi connectivity index (χ3v) is 4.52. The van der Waals surface area contributed by atoms with Crippen molar-refractivity contribution < 1.29 is 4.79 Å². The summed E-state index contributed by atoms with van der Waals surface area (Å²) < 4.78 is 0. The Hall–Kier alpha value is -1.65. The van der Waals surface area contributed by atoms with Crippen LogP contribution in [0.3, 0.4) is 0 Å². The Morgan fingerprint density at radius 2 is 1.90 bits per heavy atom. The van der Waals surface area contributed by atoms with Gasteiger partial charge < -0.3 is 10.6 Å². The fourth-order valence-corrected chi connectivity index (χ4v) is 3.55. The molecule has 1 amide bonds. The first kappa shape index (κ1) is 13.3. The monoisotopic (exact) mass is 304 g/mol. The Morgan fingerprint density at radius 3 is 2.65 bits per heavy atom. The van der Waals surface area contributed by atoms with Crippen molar-refractivity contribution in [2.45, 2.75) is 9.79 Å². The van der Waals surface area contributed by atoms with Crippen LogP contribution < -0.4 is 10.6 Å². The van der Waals surface area contributed by atoms with Crippen molar-refractivity contribution in [2.75, 3.05) is 17.3 Å². The van der Waals surface area contributed by atoms with Crippen LogP contribution in [0.1, 0.15) is 10.4 Å². The molecule has 0 radical (unpaired) electrons. The Kier molecular flexibility index (Phi) is 3.59. The second kappa shape index (κ2) is 5.38. The minimum absolute atomic E-state index is 0.414. The van der Waals surface area contributed by atoms with Gasteiger partial charge in [-0.3, -0.25) is 4.79 Å². The van der Waals surface area contributed by atoms with Crippen molar-refractivity contribution in [3.05, 3.63) is 48.0 Å². The molecule has 1 heterocycles. The zero-order valence-corrected chi connectivity index (χ0v) is 12.2. The molecule has 1 aliphatic rings. The number of carbonyl (C=O) groups excluding carboxylic acids is 1. The first-order valence-electron chi connectivity index (χ1n) is 6.25. The normalized spacial score (nSPS) is 12.8. The Bertz CT molecular complexity index is 675. The number of fused-ring (bicyclic) bond motifs is 2. The maximum Gasteiger partial charge on any atom is 0.248 e. The smallest absolute Gasteiger partial charge is 0.248 e. The minimum Gasteiger partial charge on any atom is -0.366 e. The van der Waals surface area contributed by atoms with E-state index in [0.29, 0.717) is 18.0 Å². The molecule has 0 bridgehead atoms. The van der Waals surface area contributed by atoms with Gasteiger partial charge in [-0.15, -0.1) is 11.6 Å². The molecule has 2 aromatic carbocycles. The Labute approximate surface area is 126 Å². The van der Waals surface area contributed by atoms with Crippen LogP contribution in [0.5, 0.6) is 0 Å². The summed E-state index contributed by atoms with van der Waals surface area (Å²) in [7, 11) is 0. The van der Waals surface area contributed by atoms with Gasteiger partial charge in [0, 0.05) is 27.8 Å². The number of amides is 1. The second-order valence-electron chi connectivity index (χ2n) is 4.46. The van der Waals surface area contributed by atoms with Gasteiger partial charge in [0.2, 0.25) is 5.91 Å². The summed E-state index contributed by atoms with van der Waals surface area (Å²) in [6.07, 6.45) is 0. The van der Waals surface area contributed by atoms with Crippen molar-refractivity contribution in [1.29, 1.82) is 0 Å². The van der Waals surface area contributed by atoms with Gasteiger partial charge in [0.1, 0.15) is 0 Å². The van der Waals surface area contributed by atoms with Gasteiger partial charge in [-0.1, -0.05) is 23.9 Å². The van der Waals surface area contributed by atoms with E-state index in [-0.39, 0.29) is 0 Å². The molecule has 3 nitrogen and oxygen atoms in total. The van der Waals surface area contributed by atoms with E-state index in [9.17, 15) is 4.79 Å². The number of anilines is 2. The van der Waals surface area contributed by atoms with Gasteiger partial charge in [-0.2, -0.15) is 0 Å². The van der Waals surface area contributed by atoms with Gasteiger partial charge in [0.25, 0.3) is 0 Å². The number of carbonyl (C=O) groups is 1. The van der Waals surface area contributed by atoms with E-state index in [1.54, 1.807) is 17.8 Å². The molecule has 1 aliphatic heterocycles. The number of benzene rings is 2. The third-order valence-electron chi connectivity index (χ3n) is 3.22. The average Bonchev–Trinajstić information content (AvgIpc) is 2.46. The lowest BCUT2D eigenvalue weighted by Gasteiger charge is -2.32. The van der Waals surface area contributed by atoms with Crippen molar-refractivity contribution in [3.63, 3.8) is 0 Å². The van der Waals surface area contributed by atoms with Crippen molar-refractivity contribution >= 4 is 40.6 Å². The number of hydrogen-bond acceptors (Lipinski definition) is 3. The van der Waals surface area contributed by atoms with Gasteiger partial charge in [-0.25, -0.2) is 0 Å². The summed E-state index contributed by atoms with van der Waals surface area (Å²) in [5.74, 6) is 0.0988. The molecule has 0 aliphatic carbocycles. The number of hydrogen-bond donors (Lipinski definition) is 1. The van der Waals surface area contributed by atoms with Crippen molar-refractivity contribution in [2.24, 2.45) is 5.73 Å². The molecule has 2 aromatic rings. The maximum absolute atomic E-state index is 11.4. The van der Waals surface area contributed by atoms with E-state index < -0.39 is 5.91 Å². The molecule has 2 N–H and O–H groups in total. The van der Waals surface area contributed by atoms with Crippen LogP contribution in [0.25, 0.3) is 0 Å². The number of alkyl halides is 1. The predicted molar refractivity (Wildman–Crippen MR) is 83.3 cm³/mol. The molecule has 3 rings (SSSR count). The highest BCUT2D eigenvalue weighted by molar-refractivity contribution is 7.99. The first-order valence-corrected chi connectivity index (χ1v) is 7.60. The Balaban J connectivity index is 2.14. The van der Waals surface area contributed by atoms with Crippen LogP contribution in [0, 0.1) is 0 Å². The topological polar surface area (TPSA) is 46.3 Å². The van der Waals surface area contributed by atoms with Crippen molar-refractivity contribution in [1.82, 2.24) is 0 Å². The average molecular weight is 305 g/mol. The summed E-state index contributed by atoms with van der Waals surface area (Å²) >= 11 is 7.63. The zero-order chi connectivity index (χ0) is 14.1. The molecule has 0 saturated carbocycles. The van der Waals surface area contributed by atoms with Gasteiger partial charge >= 0.3 is 0 Å². The van der Waals surface area contributed by atoms with Crippen LogP contribution >= 0.6 is 23.4 Å². The molecule has 0 spiro atoms. The summed E-state index contributed by atoms with van der Waals surface area (Å²) in [6, 6.07) is 13.7. The molecule has 0 fully saturated rings. The van der Waals surface area contributed by atoms with Crippen LogP contribution in [0.2, 0.25) is 0 Å². The van der Waals surface area contributed by atoms with E-state index in [1.807, 2.05) is 24.3 Å². The molecule has 0 atom stereocenters. The molecule has 5 heteroatoms. The predicted octanol–water partition coefficient (Wildman–Crippen LogP) is 3.63. The van der Waals surface area contributed by atoms with Crippen molar-refractivity contribution in [3.8, 4) is 0 Å². The van der Waals surface area contributed by atoms with Crippen LogP contribution in [-0.4, -0.2) is 18.3 Å². The molecule has 0 aromatic heterocycles. The molecular weight excluding hydrogens is 292 g/mol. The van der Waals surface area contributed by atoms with E-state index in [2.05, 4.69) is 17.0 Å². The molecule has 102 valence electrons. The standard InChI is InChI=1S/C15H13ClN2OS/c16-7-8-18-11-3-1-2-4-13(11)20-14-6-5-10(15(17)19)9-12(14)18/h1-6,9H,7-8H2,(H2,17,19). The van der Waals surface area contributed by atoms with Gasteiger partial charge in [-0.05, 0) is 30.3 Å². The van der Waals surface area contributed by atoms with E-state index in [0.717, 1.165) is 16.3 Å². The van der Waals surface area contributed by atoms with E-state index in [1.165, 1.54) is 4.90 Å². The lowest BCUT2D eigenvalue weighted by Crippen LogP contribution is -2.23. The fourth-order valence-electron chi connectivity index (χ4n) is 2.31. The van der Waals surface area contributed by atoms with Gasteiger partial charge in [0.15, 0.2) is 0 Å². The lowest BCUT2D eigenvalue weighted by atomic mass is 10.1. The number of rotatable bonds is 3. The molecular formula is C15H13ClN2OS. The van der Waals surface area contributed by atoms with E-state index in [4.69, 9.17) is 17.3 Å². The SMILES string of the molecule is NC(=O)c1ccc2c(c1)N(CCCl)c1ccccc1S2. The fraction of sp³-hybridized carbons (Fsp3) is 0.133.